The van der Waals surface area contributed by atoms with E-state index >= 15 is 0 Å². The highest BCUT2D eigenvalue weighted by atomic mass is 35.5. The van der Waals surface area contributed by atoms with Crippen LogP contribution in [-0.4, -0.2) is 37.0 Å². The standard InChI is InChI=1S/C12H16ClF3N2OS/c1-2-19-5-3-17-4-6-20-11-10(13)7-9(8-18-11)12(14,15)16/h7-8,17H,2-6H2,1H3. The molecule has 1 aromatic heterocycles. The van der Waals surface area contributed by atoms with Crippen molar-refractivity contribution < 1.29 is 17.9 Å². The van der Waals surface area contributed by atoms with Gasteiger partial charge in [0.15, 0.2) is 0 Å². The summed E-state index contributed by atoms with van der Waals surface area (Å²) in [5.41, 5.74) is -0.832. The van der Waals surface area contributed by atoms with Crippen LogP contribution in [0.3, 0.4) is 0 Å². The Morgan fingerprint density at radius 3 is 2.75 bits per heavy atom. The Kier molecular flexibility index (Phi) is 7.65. The van der Waals surface area contributed by atoms with Crippen molar-refractivity contribution in [1.82, 2.24) is 10.3 Å². The van der Waals surface area contributed by atoms with Gasteiger partial charge in [0.25, 0.3) is 0 Å². The molecule has 0 aliphatic carbocycles. The van der Waals surface area contributed by atoms with Crippen molar-refractivity contribution >= 4 is 23.4 Å². The normalized spacial score (nSPS) is 11.8. The number of thioether (sulfide) groups is 1. The summed E-state index contributed by atoms with van der Waals surface area (Å²) in [6.07, 6.45) is -3.61. The van der Waals surface area contributed by atoms with Crippen LogP contribution in [-0.2, 0) is 10.9 Å². The van der Waals surface area contributed by atoms with Gasteiger partial charge in [-0.05, 0) is 13.0 Å². The van der Waals surface area contributed by atoms with E-state index in [1.165, 1.54) is 11.8 Å². The molecule has 0 fully saturated rings. The zero-order valence-corrected chi connectivity index (χ0v) is 12.5. The van der Waals surface area contributed by atoms with Gasteiger partial charge in [0.2, 0.25) is 0 Å². The lowest BCUT2D eigenvalue weighted by Crippen LogP contribution is -2.22. The van der Waals surface area contributed by atoms with Gasteiger partial charge in [-0.25, -0.2) is 4.98 Å². The SMILES string of the molecule is CCOCCNCCSc1ncc(C(F)(F)F)cc1Cl. The average Bonchev–Trinajstić information content (AvgIpc) is 2.38. The number of alkyl halides is 3. The molecular formula is C12H16ClF3N2OS. The minimum absolute atomic E-state index is 0.0270. The van der Waals surface area contributed by atoms with Crippen molar-refractivity contribution in [2.24, 2.45) is 0 Å². The van der Waals surface area contributed by atoms with E-state index in [0.717, 1.165) is 18.8 Å². The van der Waals surface area contributed by atoms with Gasteiger partial charge in [-0.15, -0.1) is 11.8 Å². The van der Waals surface area contributed by atoms with Gasteiger partial charge in [-0.3, -0.25) is 0 Å². The molecule has 0 unspecified atom stereocenters. The second-order valence-corrected chi connectivity index (χ2v) is 5.29. The third kappa shape index (κ3) is 6.30. The van der Waals surface area contributed by atoms with Crippen LogP contribution in [0.1, 0.15) is 12.5 Å². The fourth-order valence-electron chi connectivity index (χ4n) is 1.32. The molecule has 0 amide bonds. The smallest absolute Gasteiger partial charge is 0.380 e. The first-order valence-corrected chi connectivity index (χ1v) is 7.45. The third-order valence-corrected chi connectivity index (χ3v) is 3.69. The van der Waals surface area contributed by atoms with Crippen molar-refractivity contribution in [3.8, 4) is 0 Å². The molecule has 0 saturated carbocycles. The minimum Gasteiger partial charge on any atom is -0.380 e. The Labute approximate surface area is 125 Å². The summed E-state index contributed by atoms with van der Waals surface area (Å²) in [6, 6.07) is 0.902. The lowest BCUT2D eigenvalue weighted by molar-refractivity contribution is -0.137. The van der Waals surface area contributed by atoms with Crippen LogP contribution >= 0.6 is 23.4 Å². The second kappa shape index (κ2) is 8.71. The summed E-state index contributed by atoms with van der Waals surface area (Å²) in [5, 5.41) is 3.58. The number of nitrogens with zero attached hydrogens (tertiary/aromatic N) is 1. The average molecular weight is 329 g/mol. The molecule has 0 radical (unpaired) electrons. The second-order valence-electron chi connectivity index (χ2n) is 3.80. The number of nitrogens with one attached hydrogen (secondary N) is 1. The number of halogens is 4. The Hall–Kier alpha value is -0.500. The highest BCUT2D eigenvalue weighted by Gasteiger charge is 2.31. The molecule has 0 bridgehead atoms. The quantitative estimate of drug-likeness (QED) is 0.585. The molecule has 8 heteroatoms. The van der Waals surface area contributed by atoms with Crippen LogP contribution in [0.5, 0.6) is 0 Å². The van der Waals surface area contributed by atoms with Crippen LogP contribution in [0.15, 0.2) is 17.3 Å². The van der Waals surface area contributed by atoms with E-state index in [1.54, 1.807) is 0 Å². The summed E-state index contributed by atoms with van der Waals surface area (Å²) in [5.74, 6) is 0.671. The van der Waals surface area contributed by atoms with Gasteiger partial charge in [0.05, 0.1) is 17.2 Å². The summed E-state index contributed by atoms with van der Waals surface area (Å²) in [4.78, 5) is 3.75. The van der Waals surface area contributed by atoms with Crippen molar-refractivity contribution in [2.75, 3.05) is 32.1 Å². The van der Waals surface area contributed by atoms with Gasteiger partial charge in [0.1, 0.15) is 5.03 Å². The predicted octanol–water partition coefficient (Wildman–Crippen LogP) is 3.47. The number of hydrogen-bond donors (Lipinski definition) is 1. The summed E-state index contributed by atoms with van der Waals surface area (Å²) in [7, 11) is 0. The first-order valence-electron chi connectivity index (χ1n) is 6.09. The molecule has 1 rings (SSSR count). The number of pyridine rings is 1. The van der Waals surface area contributed by atoms with Crippen LogP contribution in [0.2, 0.25) is 5.02 Å². The number of ether oxygens (including phenoxy) is 1. The Morgan fingerprint density at radius 1 is 1.40 bits per heavy atom. The van der Waals surface area contributed by atoms with Crippen LogP contribution in [0.25, 0.3) is 0 Å². The van der Waals surface area contributed by atoms with Crippen LogP contribution in [0, 0.1) is 0 Å². The molecule has 1 N–H and O–H groups in total. The third-order valence-electron chi connectivity index (χ3n) is 2.28. The van der Waals surface area contributed by atoms with Crippen molar-refractivity contribution in [3.05, 3.63) is 22.8 Å². The zero-order chi connectivity index (χ0) is 15.0. The van der Waals surface area contributed by atoms with E-state index in [-0.39, 0.29) is 5.02 Å². The first kappa shape index (κ1) is 17.6. The summed E-state index contributed by atoms with van der Waals surface area (Å²) >= 11 is 7.11. The molecule has 114 valence electrons. The lowest BCUT2D eigenvalue weighted by Gasteiger charge is -2.09. The number of aromatic nitrogens is 1. The predicted molar refractivity (Wildman–Crippen MR) is 74.3 cm³/mol. The molecule has 0 aromatic carbocycles. The molecule has 1 aromatic rings. The molecule has 0 saturated heterocycles. The van der Waals surface area contributed by atoms with E-state index in [0.29, 0.717) is 30.5 Å². The molecule has 0 spiro atoms. The molecule has 3 nitrogen and oxygen atoms in total. The Balaban J connectivity index is 2.34. The summed E-state index contributed by atoms with van der Waals surface area (Å²) < 4.78 is 42.4. The highest BCUT2D eigenvalue weighted by molar-refractivity contribution is 7.99. The van der Waals surface area contributed by atoms with E-state index in [4.69, 9.17) is 16.3 Å². The van der Waals surface area contributed by atoms with Crippen LogP contribution in [0.4, 0.5) is 13.2 Å². The lowest BCUT2D eigenvalue weighted by atomic mass is 10.3. The van der Waals surface area contributed by atoms with E-state index in [2.05, 4.69) is 10.3 Å². The van der Waals surface area contributed by atoms with E-state index in [9.17, 15) is 13.2 Å². The maximum Gasteiger partial charge on any atom is 0.417 e. The summed E-state index contributed by atoms with van der Waals surface area (Å²) in [6.45, 7) is 4.69. The highest BCUT2D eigenvalue weighted by Crippen LogP contribution is 2.33. The molecule has 20 heavy (non-hydrogen) atoms. The van der Waals surface area contributed by atoms with Gasteiger partial charge >= 0.3 is 6.18 Å². The van der Waals surface area contributed by atoms with Crippen molar-refractivity contribution in [2.45, 2.75) is 18.1 Å². The van der Waals surface area contributed by atoms with Gasteiger partial charge < -0.3 is 10.1 Å². The zero-order valence-electron chi connectivity index (χ0n) is 11.0. The maximum absolute atomic E-state index is 12.4. The number of rotatable bonds is 8. The minimum atomic E-state index is -4.42. The van der Waals surface area contributed by atoms with Gasteiger partial charge in [0, 0.05) is 31.6 Å². The van der Waals surface area contributed by atoms with Gasteiger partial charge in [-0.2, -0.15) is 13.2 Å². The Morgan fingerprint density at radius 2 is 2.15 bits per heavy atom. The fraction of sp³-hybridized carbons (Fsp3) is 0.583. The molecule has 0 atom stereocenters. The van der Waals surface area contributed by atoms with Crippen molar-refractivity contribution in [3.63, 3.8) is 0 Å². The molecule has 1 heterocycles. The Bertz CT molecular complexity index is 418. The van der Waals surface area contributed by atoms with Gasteiger partial charge in [-0.1, -0.05) is 11.6 Å². The topological polar surface area (TPSA) is 34.1 Å². The molecule has 0 aliphatic heterocycles. The maximum atomic E-state index is 12.4. The van der Waals surface area contributed by atoms with Crippen molar-refractivity contribution in [1.29, 1.82) is 0 Å². The number of hydrogen-bond acceptors (Lipinski definition) is 4. The van der Waals surface area contributed by atoms with E-state index < -0.39 is 11.7 Å². The molecule has 0 aliphatic rings. The monoisotopic (exact) mass is 328 g/mol. The van der Waals surface area contributed by atoms with E-state index in [1.807, 2.05) is 6.92 Å². The first-order chi connectivity index (χ1) is 9.45. The molecular weight excluding hydrogens is 313 g/mol. The fourth-order valence-corrected chi connectivity index (χ4v) is 2.41. The van der Waals surface area contributed by atoms with Crippen LogP contribution < -0.4 is 5.32 Å². The largest absolute Gasteiger partial charge is 0.417 e.